The molecule has 1 heterocycles. The summed E-state index contributed by atoms with van der Waals surface area (Å²) in [7, 11) is 0. The summed E-state index contributed by atoms with van der Waals surface area (Å²) in [6.45, 7) is 3.84. The molecule has 1 atom stereocenters. The van der Waals surface area contributed by atoms with Crippen LogP contribution in [0.15, 0.2) is 24.3 Å². The first-order valence-electron chi connectivity index (χ1n) is 7.24. The molecule has 118 valence electrons. The summed E-state index contributed by atoms with van der Waals surface area (Å²) < 4.78 is 10.4. The van der Waals surface area contributed by atoms with E-state index in [-0.39, 0.29) is 25.0 Å². The van der Waals surface area contributed by atoms with Gasteiger partial charge in [-0.25, -0.2) is 0 Å². The Morgan fingerprint density at radius 1 is 1.14 bits per heavy atom. The third-order valence-corrected chi connectivity index (χ3v) is 3.33. The van der Waals surface area contributed by atoms with Crippen LogP contribution >= 0.6 is 0 Å². The molecule has 2 rings (SSSR count). The van der Waals surface area contributed by atoms with Gasteiger partial charge in [-0.3, -0.25) is 19.3 Å². The van der Waals surface area contributed by atoms with Crippen molar-refractivity contribution in [2.45, 2.75) is 26.3 Å². The lowest BCUT2D eigenvalue weighted by molar-refractivity contribution is -0.142. The first-order valence-corrected chi connectivity index (χ1v) is 7.24. The summed E-state index contributed by atoms with van der Waals surface area (Å²) in [6, 6.07) is 6.03. The highest BCUT2D eigenvalue weighted by Crippen LogP contribution is 2.24. The van der Waals surface area contributed by atoms with Crippen molar-refractivity contribution in [3.05, 3.63) is 35.4 Å². The normalized spacial score (nSPS) is 14.9. The summed E-state index contributed by atoms with van der Waals surface area (Å²) in [5.74, 6) is -1.21. The largest absolute Gasteiger partial charge is 0.464 e. The maximum atomic E-state index is 12.4. The van der Waals surface area contributed by atoms with E-state index in [1.54, 1.807) is 24.3 Å². The first-order chi connectivity index (χ1) is 10.6. The number of hydrogen-bond donors (Lipinski definition) is 0. The van der Waals surface area contributed by atoms with Gasteiger partial charge >= 0.3 is 5.97 Å². The number of imide groups is 1. The quantitative estimate of drug-likeness (QED) is 0.435. The van der Waals surface area contributed by atoms with Crippen molar-refractivity contribution in [1.82, 2.24) is 4.90 Å². The topological polar surface area (TPSA) is 72.9 Å². The number of amides is 2. The lowest BCUT2D eigenvalue weighted by atomic mass is 10.1. The van der Waals surface area contributed by atoms with Crippen LogP contribution in [0.2, 0.25) is 0 Å². The third-order valence-electron chi connectivity index (χ3n) is 3.33. The highest BCUT2D eigenvalue weighted by Gasteiger charge is 2.40. The fourth-order valence-electron chi connectivity index (χ4n) is 2.31. The molecule has 6 nitrogen and oxygen atoms in total. The van der Waals surface area contributed by atoms with Gasteiger partial charge in [0.2, 0.25) is 0 Å². The van der Waals surface area contributed by atoms with Crippen LogP contribution in [0.4, 0.5) is 0 Å². The van der Waals surface area contributed by atoms with E-state index in [4.69, 9.17) is 9.47 Å². The molecule has 0 fully saturated rings. The van der Waals surface area contributed by atoms with Crippen LogP contribution in [0.5, 0.6) is 0 Å². The van der Waals surface area contributed by atoms with E-state index in [1.165, 1.54) is 6.92 Å². The molecule has 0 aliphatic carbocycles. The molecule has 0 unspecified atom stereocenters. The van der Waals surface area contributed by atoms with E-state index in [2.05, 4.69) is 0 Å². The van der Waals surface area contributed by atoms with E-state index in [9.17, 15) is 14.4 Å². The molecule has 1 aliphatic rings. The van der Waals surface area contributed by atoms with Crippen molar-refractivity contribution >= 4 is 17.8 Å². The standard InChI is InChI=1S/C16H19NO5/c1-3-8-21-9-12(10-22-11(2)18)17-15(19)13-6-4-5-7-14(13)16(17)20/h4-7,12H,3,8-10H2,1-2H3/t12-/m1/s1. The highest BCUT2D eigenvalue weighted by molar-refractivity contribution is 6.21. The molecule has 2 amide bonds. The summed E-state index contributed by atoms with van der Waals surface area (Å²) in [5, 5.41) is 0. The van der Waals surface area contributed by atoms with Gasteiger partial charge in [-0.2, -0.15) is 0 Å². The summed E-state index contributed by atoms with van der Waals surface area (Å²) in [4.78, 5) is 37.0. The smallest absolute Gasteiger partial charge is 0.302 e. The highest BCUT2D eigenvalue weighted by atomic mass is 16.5. The van der Waals surface area contributed by atoms with Gasteiger partial charge in [-0.05, 0) is 18.6 Å². The van der Waals surface area contributed by atoms with Crippen LogP contribution in [0, 0.1) is 0 Å². The zero-order valence-corrected chi connectivity index (χ0v) is 12.7. The van der Waals surface area contributed by atoms with Crippen molar-refractivity contribution in [3.8, 4) is 0 Å². The molecule has 0 bridgehead atoms. The molecular weight excluding hydrogens is 286 g/mol. The Morgan fingerprint density at radius 2 is 1.73 bits per heavy atom. The molecule has 0 N–H and O–H groups in total. The Morgan fingerprint density at radius 3 is 2.23 bits per heavy atom. The second-order valence-electron chi connectivity index (χ2n) is 5.06. The Labute approximate surface area is 129 Å². The monoisotopic (exact) mass is 305 g/mol. The van der Waals surface area contributed by atoms with Crippen LogP contribution in [-0.4, -0.2) is 48.5 Å². The second-order valence-corrected chi connectivity index (χ2v) is 5.06. The van der Waals surface area contributed by atoms with Crippen molar-refractivity contribution in [2.24, 2.45) is 0 Å². The molecule has 1 aromatic rings. The fourth-order valence-corrected chi connectivity index (χ4v) is 2.31. The molecule has 0 saturated heterocycles. The fraction of sp³-hybridized carbons (Fsp3) is 0.438. The maximum absolute atomic E-state index is 12.4. The minimum atomic E-state index is -0.622. The van der Waals surface area contributed by atoms with Crippen LogP contribution in [0.25, 0.3) is 0 Å². The van der Waals surface area contributed by atoms with Gasteiger partial charge in [0, 0.05) is 13.5 Å². The van der Waals surface area contributed by atoms with Gasteiger partial charge in [0.05, 0.1) is 23.8 Å². The lowest BCUT2D eigenvalue weighted by Crippen LogP contribution is -2.45. The SMILES string of the molecule is CCCOC[C@H](COC(C)=O)N1C(=O)c2ccccc2C1=O. The number of esters is 1. The molecule has 1 aromatic carbocycles. The molecule has 0 aromatic heterocycles. The number of carbonyl (C=O) groups excluding carboxylic acids is 3. The van der Waals surface area contributed by atoms with Crippen LogP contribution in [0.3, 0.4) is 0 Å². The molecule has 0 saturated carbocycles. The lowest BCUT2D eigenvalue weighted by Gasteiger charge is -2.25. The number of benzene rings is 1. The average molecular weight is 305 g/mol. The van der Waals surface area contributed by atoms with Crippen molar-refractivity contribution in [2.75, 3.05) is 19.8 Å². The Balaban J connectivity index is 2.18. The second kappa shape index (κ2) is 7.17. The number of rotatable bonds is 7. The number of nitrogens with zero attached hydrogens (tertiary/aromatic N) is 1. The zero-order valence-electron chi connectivity index (χ0n) is 12.7. The Hall–Kier alpha value is -2.21. The predicted molar refractivity (Wildman–Crippen MR) is 78.5 cm³/mol. The number of carbonyl (C=O) groups is 3. The molecule has 22 heavy (non-hydrogen) atoms. The summed E-state index contributed by atoms with van der Waals surface area (Å²) in [6.07, 6.45) is 0.822. The zero-order chi connectivity index (χ0) is 16.1. The van der Waals surface area contributed by atoms with E-state index in [1.807, 2.05) is 6.92 Å². The van der Waals surface area contributed by atoms with Gasteiger partial charge in [0.25, 0.3) is 11.8 Å². The predicted octanol–water partition coefficient (Wildman–Crippen LogP) is 1.64. The van der Waals surface area contributed by atoms with Crippen LogP contribution in [-0.2, 0) is 14.3 Å². The Kier molecular flexibility index (Phi) is 5.27. The Bertz CT molecular complexity index is 549. The minimum Gasteiger partial charge on any atom is -0.464 e. The molecule has 6 heteroatoms. The first kappa shape index (κ1) is 16.2. The summed E-state index contributed by atoms with van der Waals surface area (Å²) in [5.41, 5.74) is 0.742. The maximum Gasteiger partial charge on any atom is 0.302 e. The van der Waals surface area contributed by atoms with Crippen LogP contribution < -0.4 is 0 Å². The van der Waals surface area contributed by atoms with Crippen molar-refractivity contribution in [3.63, 3.8) is 0 Å². The van der Waals surface area contributed by atoms with E-state index in [0.717, 1.165) is 11.3 Å². The van der Waals surface area contributed by atoms with Gasteiger partial charge < -0.3 is 9.47 Å². The molecule has 1 aliphatic heterocycles. The van der Waals surface area contributed by atoms with Crippen molar-refractivity contribution in [1.29, 1.82) is 0 Å². The summed E-state index contributed by atoms with van der Waals surface area (Å²) >= 11 is 0. The number of ether oxygens (including phenoxy) is 2. The number of fused-ring (bicyclic) bond motifs is 1. The van der Waals surface area contributed by atoms with E-state index in [0.29, 0.717) is 17.7 Å². The molecule has 0 radical (unpaired) electrons. The van der Waals surface area contributed by atoms with Crippen LogP contribution in [0.1, 0.15) is 41.0 Å². The van der Waals surface area contributed by atoms with E-state index >= 15 is 0 Å². The minimum absolute atomic E-state index is 0.0650. The molecule has 0 spiro atoms. The number of hydrogen-bond acceptors (Lipinski definition) is 5. The molecular formula is C16H19NO5. The van der Waals surface area contributed by atoms with Gasteiger partial charge in [-0.1, -0.05) is 19.1 Å². The third kappa shape index (κ3) is 3.33. The van der Waals surface area contributed by atoms with Gasteiger partial charge in [0.15, 0.2) is 0 Å². The van der Waals surface area contributed by atoms with E-state index < -0.39 is 12.0 Å². The average Bonchev–Trinajstić information content (AvgIpc) is 2.75. The van der Waals surface area contributed by atoms with Gasteiger partial charge in [0.1, 0.15) is 6.61 Å². The van der Waals surface area contributed by atoms with Crippen molar-refractivity contribution < 1.29 is 23.9 Å². The van der Waals surface area contributed by atoms with Gasteiger partial charge in [-0.15, -0.1) is 0 Å².